The van der Waals surface area contributed by atoms with E-state index in [1.54, 1.807) is 4.57 Å². The Balaban J connectivity index is 1.86. The number of H-pyrrole nitrogens is 1. The van der Waals surface area contributed by atoms with Crippen LogP contribution in [0.4, 0.5) is 5.95 Å². The quantitative estimate of drug-likeness (QED) is 0.537. The molecule has 25 heavy (non-hydrogen) atoms. The highest BCUT2D eigenvalue weighted by molar-refractivity contribution is 5.73. The lowest BCUT2D eigenvalue weighted by atomic mass is 10.1. The van der Waals surface area contributed by atoms with Crippen molar-refractivity contribution in [2.45, 2.75) is 43.8 Å². The van der Waals surface area contributed by atoms with Gasteiger partial charge in [0.2, 0.25) is 5.95 Å². The summed E-state index contributed by atoms with van der Waals surface area (Å²) in [5.41, 5.74) is 0.0497. The molecule has 0 amide bonds. The Labute approximate surface area is 142 Å². The summed E-state index contributed by atoms with van der Waals surface area (Å²) >= 11 is 0. The van der Waals surface area contributed by atoms with E-state index in [0.29, 0.717) is 5.95 Å². The highest BCUT2D eigenvalue weighted by atomic mass is 16.6. The summed E-state index contributed by atoms with van der Waals surface area (Å²) in [7, 11) is 0. The molecule has 2 aliphatic rings. The average Bonchev–Trinajstić information content (AvgIpc) is 3.15. The lowest BCUT2D eigenvalue weighted by molar-refractivity contribution is -0.0504. The van der Waals surface area contributed by atoms with E-state index in [1.165, 1.54) is 6.33 Å². The summed E-state index contributed by atoms with van der Waals surface area (Å²) in [4.78, 5) is 25.3. The molecule has 0 unspecified atom stereocenters. The van der Waals surface area contributed by atoms with E-state index in [1.807, 2.05) is 4.90 Å². The molecule has 2 aliphatic heterocycles. The SMILES string of the molecule is O=c1[nH]cnc2c1nc(N1CCCCC1)n2[C@@H]1O[C@@H](CO)[C@H](O)[C@@H]1O. The van der Waals surface area contributed by atoms with Crippen LogP contribution in [0.15, 0.2) is 11.1 Å². The molecule has 0 aliphatic carbocycles. The van der Waals surface area contributed by atoms with E-state index >= 15 is 0 Å². The van der Waals surface area contributed by atoms with Crippen LogP contribution in [0.3, 0.4) is 0 Å². The first kappa shape index (κ1) is 16.5. The van der Waals surface area contributed by atoms with E-state index in [-0.39, 0.29) is 16.7 Å². The molecule has 0 spiro atoms. The average molecular weight is 351 g/mol. The van der Waals surface area contributed by atoms with Crippen molar-refractivity contribution < 1.29 is 20.1 Å². The Hall–Kier alpha value is -2.01. The summed E-state index contributed by atoms with van der Waals surface area (Å²) in [5.74, 6) is 0.480. The summed E-state index contributed by atoms with van der Waals surface area (Å²) in [6, 6.07) is 0. The standard InChI is InChI=1S/C15H21N5O5/c21-6-8-10(22)11(23)14(25-8)20-12-9(13(24)17-7-16-12)18-15(20)19-4-2-1-3-5-19/h7-8,10-11,14,21-23H,1-6H2,(H,16,17,24)/t8-,10-,11-,14+/m0/s1. The van der Waals surface area contributed by atoms with Crippen molar-refractivity contribution >= 4 is 17.1 Å². The lowest BCUT2D eigenvalue weighted by Crippen LogP contribution is -2.35. The zero-order valence-electron chi connectivity index (χ0n) is 13.6. The van der Waals surface area contributed by atoms with Crippen LogP contribution in [-0.4, -0.2) is 72.8 Å². The van der Waals surface area contributed by atoms with Crippen LogP contribution < -0.4 is 10.5 Å². The van der Waals surface area contributed by atoms with Crippen molar-refractivity contribution in [1.82, 2.24) is 19.5 Å². The number of imidazole rings is 1. The number of nitrogens with one attached hydrogen (secondary N) is 1. The number of nitrogens with zero attached hydrogens (tertiary/aromatic N) is 4. The minimum atomic E-state index is -1.26. The van der Waals surface area contributed by atoms with Crippen LogP contribution in [0.25, 0.3) is 11.2 Å². The van der Waals surface area contributed by atoms with Gasteiger partial charge < -0.3 is 29.9 Å². The van der Waals surface area contributed by atoms with Gasteiger partial charge in [-0.3, -0.25) is 9.36 Å². The summed E-state index contributed by atoms with van der Waals surface area (Å²) in [5, 5.41) is 29.8. The van der Waals surface area contributed by atoms with Crippen LogP contribution >= 0.6 is 0 Å². The largest absolute Gasteiger partial charge is 0.394 e. The normalized spacial score (nSPS) is 30.3. The summed E-state index contributed by atoms with van der Waals surface area (Å²) in [6.07, 6.45) is 0.0132. The van der Waals surface area contributed by atoms with Gasteiger partial charge in [-0.25, -0.2) is 9.97 Å². The minimum absolute atomic E-state index is 0.154. The fourth-order valence-electron chi connectivity index (χ4n) is 3.55. The molecule has 0 saturated carbocycles. The predicted molar refractivity (Wildman–Crippen MR) is 87.2 cm³/mol. The third-order valence-corrected chi connectivity index (χ3v) is 4.88. The topological polar surface area (TPSA) is 137 Å². The number of ether oxygens (including phenoxy) is 1. The first-order valence-corrected chi connectivity index (χ1v) is 8.45. The number of piperidine rings is 1. The maximum absolute atomic E-state index is 12.1. The van der Waals surface area contributed by atoms with Crippen molar-refractivity contribution in [2.75, 3.05) is 24.6 Å². The van der Waals surface area contributed by atoms with Gasteiger partial charge in [-0.2, -0.15) is 0 Å². The Morgan fingerprint density at radius 2 is 2.00 bits per heavy atom. The maximum Gasteiger partial charge on any atom is 0.278 e. The van der Waals surface area contributed by atoms with E-state index in [9.17, 15) is 20.1 Å². The second kappa shape index (κ2) is 6.37. The molecule has 2 aromatic rings. The Morgan fingerprint density at radius 3 is 2.68 bits per heavy atom. The van der Waals surface area contributed by atoms with Crippen LogP contribution in [0.1, 0.15) is 25.5 Å². The van der Waals surface area contributed by atoms with Crippen molar-refractivity contribution in [3.8, 4) is 0 Å². The van der Waals surface area contributed by atoms with Crippen molar-refractivity contribution in [3.63, 3.8) is 0 Å². The molecule has 0 aromatic carbocycles. The van der Waals surface area contributed by atoms with E-state index in [4.69, 9.17) is 4.74 Å². The van der Waals surface area contributed by atoms with Gasteiger partial charge in [0.05, 0.1) is 12.9 Å². The highest BCUT2D eigenvalue weighted by Gasteiger charge is 2.45. The summed E-state index contributed by atoms with van der Waals surface area (Å²) in [6.45, 7) is 1.13. The predicted octanol–water partition coefficient (Wildman–Crippen LogP) is -1.28. The van der Waals surface area contributed by atoms with Gasteiger partial charge in [0.15, 0.2) is 17.4 Å². The number of rotatable bonds is 3. The Morgan fingerprint density at radius 1 is 1.24 bits per heavy atom. The third-order valence-electron chi connectivity index (χ3n) is 4.88. The minimum Gasteiger partial charge on any atom is -0.394 e. The van der Waals surface area contributed by atoms with E-state index in [2.05, 4.69) is 15.0 Å². The van der Waals surface area contributed by atoms with Crippen molar-refractivity contribution in [3.05, 3.63) is 16.7 Å². The maximum atomic E-state index is 12.1. The first-order valence-electron chi connectivity index (χ1n) is 8.45. The van der Waals surface area contributed by atoms with E-state index in [0.717, 1.165) is 32.4 Å². The number of hydrogen-bond donors (Lipinski definition) is 4. The molecule has 0 bridgehead atoms. The van der Waals surface area contributed by atoms with Crippen molar-refractivity contribution in [2.24, 2.45) is 0 Å². The van der Waals surface area contributed by atoms with Crippen LogP contribution in [0.2, 0.25) is 0 Å². The number of hydrogen-bond acceptors (Lipinski definition) is 8. The van der Waals surface area contributed by atoms with Gasteiger partial charge >= 0.3 is 0 Å². The molecule has 10 heteroatoms. The molecule has 4 N–H and O–H groups in total. The number of aromatic amines is 1. The number of fused-ring (bicyclic) bond motifs is 1. The molecule has 2 fully saturated rings. The zero-order valence-corrected chi connectivity index (χ0v) is 13.6. The van der Waals surface area contributed by atoms with Gasteiger partial charge in [-0.1, -0.05) is 0 Å². The number of aliphatic hydroxyl groups excluding tert-OH is 3. The molecule has 136 valence electrons. The number of aromatic nitrogens is 4. The summed E-state index contributed by atoms with van der Waals surface area (Å²) < 4.78 is 7.21. The third kappa shape index (κ3) is 2.61. The number of aliphatic hydroxyl groups is 3. The molecule has 10 nitrogen and oxygen atoms in total. The molecule has 4 rings (SSSR count). The van der Waals surface area contributed by atoms with Gasteiger partial charge in [-0.05, 0) is 19.3 Å². The number of anilines is 1. The van der Waals surface area contributed by atoms with Crippen LogP contribution in [-0.2, 0) is 4.74 Å². The molecule has 0 radical (unpaired) electrons. The zero-order chi connectivity index (χ0) is 17.6. The highest BCUT2D eigenvalue weighted by Crippen LogP contribution is 2.35. The molecule has 2 saturated heterocycles. The smallest absolute Gasteiger partial charge is 0.278 e. The second-order valence-corrected chi connectivity index (χ2v) is 6.46. The van der Waals surface area contributed by atoms with Crippen LogP contribution in [0, 0.1) is 0 Å². The van der Waals surface area contributed by atoms with Crippen molar-refractivity contribution in [1.29, 1.82) is 0 Å². The lowest BCUT2D eigenvalue weighted by Gasteiger charge is -2.30. The fraction of sp³-hybridized carbons (Fsp3) is 0.667. The van der Waals surface area contributed by atoms with Gasteiger partial charge in [0.1, 0.15) is 18.3 Å². The Bertz CT molecular complexity index is 814. The second-order valence-electron chi connectivity index (χ2n) is 6.46. The monoisotopic (exact) mass is 351 g/mol. The fourth-order valence-corrected chi connectivity index (χ4v) is 3.55. The van der Waals surface area contributed by atoms with Gasteiger partial charge in [-0.15, -0.1) is 0 Å². The molecular weight excluding hydrogens is 330 g/mol. The first-order chi connectivity index (χ1) is 12.1. The Kier molecular flexibility index (Phi) is 4.20. The van der Waals surface area contributed by atoms with Crippen LogP contribution in [0.5, 0.6) is 0 Å². The molecule has 2 aromatic heterocycles. The van der Waals surface area contributed by atoms with Gasteiger partial charge in [0.25, 0.3) is 5.56 Å². The van der Waals surface area contributed by atoms with Gasteiger partial charge in [0, 0.05) is 13.1 Å². The van der Waals surface area contributed by atoms with E-state index < -0.39 is 31.1 Å². The molecule has 4 atom stereocenters. The molecule has 4 heterocycles. The molecular formula is C15H21N5O5.